The Balaban J connectivity index is 1.57. The molecule has 2 fully saturated rings. The minimum atomic E-state index is 0.144. The number of carbonyl (C=O) groups is 1. The van der Waals surface area contributed by atoms with Crippen LogP contribution in [0, 0.1) is 0 Å². The van der Waals surface area contributed by atoms with Gasteiger partial charge in [0.2, 0.25) is 0 Å². The maximum atomic E-state index is 12.7. The Morgan fingerprint density at radius 3 is 2.52 bits per heavy atom. The summed E-state index contributed by atoms with van der Waals surface area (Å²) >= 11 is 0. The van der Waals surface area contributed by atoms with Crippen LogP contribution in [0.2, 0.25) is 0 Å². The second-order valence-corrected chi connectivity index (χ2v) is 6.50. The smallest absolute Gasteiger partial charge is 0.254 e. The number of carbonyl (C=O) groups excluding carboxylic acids is 1. The fourth-order valence-corrected chi connectivity index (χ4v) is 3.61. The van der Waals surface area contributed by atoms with Gasteiger partial charge in [0.15, 0.2) is 0 Å². The Kier molecular flexibility index (Phi) is 5.55. The first-order valence-electron chi connectivity index (χ1n) is 8.93. The van der Waals surface area contributed by atoms with E-state index in [9.17, 15) is 4.79 Å². The summed E-state index contributed by atoms with van der Waals surface area (Å²) in [6, 6.07) is 7.97. The van der Waals surface area contributed by atoms with Crippen LogP contribution in [0.5, 0.6) is 5.75 Å². The largest absolute Gasteiger partial charge is 0.491 e. The molecule has 126 valence electrons. The molecule has 1 atom stereocenters. The van der Waals surface area contributed by atoms with Crippen LogP contribution in [0.1, 0.15) is 55.8 Å². The summed E-state index contributed by atoms with van der Waals surface area (Å²) in [5, 5.41) is 0. The van der Waals surface area contributed by atoms with Crippen molar-refractivity contribution in [2.24, 2.45) is 0 Å². The zero-order chi connectivity index (χ0) is 16.1. The van der Waals surface area contributed by atoms with Crippen molar-refractivity contribution < 1.29 is 14.3 Å². The standard InChI is InChI=1S/C19H27NO3/c1-2-20(16-6-3-4-7-16)19(21)15-9-11-17(12-10-15)23-14-18-8-5-13-22-18/h9-12,16,18H,2-8,13-14H2,1H3. The van der Waals surface area contributed by atoms with E-state index in [1.807, 2.05) is 29.2 Å². The fourth-order valence-electron chi connectivity index (χ4n) is 3.61. The normalized spacial score (nSPS) is 21.5. The molecule has 0 N–H and O–H groups in total. The second-order valence-electron chi connectivity index (χ2n) is 6.50. The SMILES string of the molecule is CCN(C(=O)c1ccc(OCC2CCCO2)cc1)C1CCCC1. The van der Waals surface area contributed by atoms with E-state index < -0.39 is 0 Å². The lowest BCUT2D eigenvalue weighted by Gasteiger charge is -2.27. The van der Waals surface area contributed by atoms with Crippen LogP contribution < -0.4 is 4.74 Å². The summed E-state index contributed by atoms with van der Waals surface area (Å²) in [6.45, 7) is 4.28. The molecule has 3 rings (SSSR count). The topological polar surface area (TPSA) is 38.8 Å². The van der Waals surface area contributed by atoms with Crippen molar-refractivity contribution in [1.82, 2.24) is 4.90 Å². The quantitative estimate of drug-likeness (QED) is 0.804. The lowest BCUT2D eigenvalue weighted by atomic mass is 10.1. The van der Waals surface area contributed by atoms with Gasteiger partial charge in [-0.05, 0) is 56.9 Å². The van der Waals surface area contributed by atoms with Crippen LogP contribution in [-0.2, 0) is 4.74 Å². The molecule has 0 bridgehead atoms. The summed E-state index contributed by atoms with van der Waals surface area (Å²) in [7, 11) is 0. The molecule has 1 aromatic carbocycles. The molecule has 1 amide bonds. The van der Waals surface area contributed by atoms with Crippen LogP contribution in [0.4, 0.5) is 0 Å². The highest BCUT2D eigenvalue weighted by Gasteiger charge is 2.26. The Hall–Kier alpha value is -1.55. The van der Waals surface area contributed by atoms with E-state index in [-0.39, 0.29) is 12.0 Å². The van der Waals surface area contributed by atoms with Crippen molar-refractivity contribution in [1.29, 1.82) is 0 Å². The van der Waals surface area contributed by atoms with Crippen LogP contribution in [0.15, 0.2) is 24.3 Å². The molecule has 0 aromatic heterocycles. The first-order valence-corrected chi connectivity index (χ1v) is 8.93. The molecule has 23 heavy (non-hydrogen) atoms. The van der Waals surface area contributed by atoms with Gasteiger partial charge in [-0.3, -0.25) is 4.79 Å². The molecule has 1 unspecified atom stereocenters. The van der Waals surface area contributed by atoms with E-state index in [1.165, 1.54) is 12.8 Å². The Bertz CT molecular complexity index is 502. The van der Waals surface area contributed by atoms with Gasteiger partial charge in [0.1, 0.15) is 12.4 Å². The predicted molar refractivity (Wildman–Crippen MR) is 89.9 cm³/mol. The third kappa shape index (κ3) is 4.05. The number of ether oxygens (including phenoxy) is 2. The minimum Gasteiger partial charge on any atom is -0.491 e. The van der Waals surface area contributed by atoms with Crippen LogP contribution in [0.3, 0.4) is 0 Å². The molecule has 1 saturated carbocycles. The molecule has 0 radical (unpaired) electrons. The second kappa shape index (κ2) is 7.82. The Labute approximate surface area is 138 Å². The lowest BCUT2D eigenvalue weighted by Crippen LogP contribution is -2.38. The van der Waals surface area contributed by atoms with Gasteiger partial charge in [-0.15, -0.1) is 0 Å². The maximum absolute atomic E-state index is 12.7. The van der Waals surface area contributed by atoms with Crippen molar-refractivity contribution in [3.63, 3.8) is 0 Å². The number of amides is 1. The molecule has 1 saturated heterocycles. The zero-order valence-electron chi connectivity index (χ0n) is 14.0. The lowest BCUT2D eigenvalue weighted by molar-refractivity contribution is 0.0675. The van der Waals surface area contributed by atoms with Crippen molar-refractivity contribution >= 4 is 5.91 Å². The average molecular weight is 317 g/mol. The summed E-state index contributed by atoms with van der Waals surface area (Å²) in [4.78, 5) is 14.7. The van der Waals surface area contributed by atoms with E-state index in [4.69, 9.17) is 9.47 Å². The summed E-state index contributed by atoms with van der Waals surface area (Å²) in [5.74, 6) is 0.950. The molecular weight excluding hydrogens is 290 g/mol. The molecule has 4 heteroatoms. The van der Waals surface area contributed by atoms with Gasteiger partial charge in [0, 0.05) is 24.8 Å². The number of benzene rings is 1. The van der Waals surface area contributed by atoms with Gasteiger partial charge in [-0.2, -0.15) is 0 Å². The molecule has 1 aliphatic carbocycles. The van der Waals surface area contributed by atoms with E-state index in [0.29, 0.717) is 12.6 Å². The van der Waals surface area contributed by atoms with Crippen molar-refractivity contribution in [3.8, 4) is 5.75 Å². The van der Waals surface area contributed by atoms with E-state index in [2.05, 4.69) is 6.92 Å². The monoisotopic (exact) mass is 317 g/mol. The molecule has 1 heterocycles. The molecule has 1 aromatic rings. The van der Waals surface area contributed by atoms with Crippen molar-refractivity contribution in [2.75, 3.05) is 19.8 Å². The Morgan fingerprint density at radius 2 is 1.91 bits per heavy atom. The van der Waals surface area contributed by atoms with Gasteiger partial charge in [-0.1, -0.05) is 12.8 Å². The van der Waals surface area contributed by atoms with E-state index in [0.717, 1.165) is 50.1 Å². The predicted octanol–water partition coefficient (Wildman–Crippen LogP) is 3.65. The van der Waals surface area contributed by atoms with E-state index in [1.54, 1.807) is 0 Å². The number of nitrogens with zero attached hydrogens (tertiary/aromatic N) is 1. The maximum Gasteiger partial charge on any atom is 0.254 e. The average Bonchev–Trinajstić information content (AvgIpc) is 3.28. The van der Waals surface area contributed by atoms with Gasteiger partial charge in [0.05, 0.1) is 6.10 Å². The number of rotatable bonds is 6. The highest BCUT2D eigenvalue weighted by molar-refractivity contribution is 5.94. The zero-order valence-corrected chi connectivity index (χ0v) is 14.0. The van der Waals surface area contributed by atoms with Gasteiger partial charge < -0.3 is 14.4 Å². The van der Waals surface area contributed by atoms with Gasteiger partial charge in [0.25, 0.3) is 5.91 Å². The van der Waals surface area contributed by atoms with Gasteiger partial charge in [-0.25, -0.2) is 0 Å². The highest BCUT2D eigenvalue weighted by Crippen LogP contribution is 2.25. The van der Waals surface area contributed by atoms with Crippen LogP contribution >= 0.6 is 0 Å². The summed E-state index contributed by atoms with van der Waals surface area (Å²) in [6.07, 6.45) is 7.17. The van der Waals surface area contributed by atoms with Crippen molar-refractivity contribution in [2.45, 2.75) is 57.6 Å². The minimum absolute atomic E-state index is 0.144. The molecule has 1 aliphatic heterocycles. The van der Waals surface area contributed by atoms with Crippen LogP contribution in [0.25, 0.3) is 0 Å². The Morgan fingerprint density at radius 1 is 1.17 bits per heavy atom. The summed E-state index contributed by atoms with van der Waals surface area (Å²) < 4.78 is 11.3. The van der Waals surface area contributed by atoms with E-state index >= 15 is 0 Å². The first kappa shape index (κ1) is 16.3. The van der Waals surface area contributed by atoms with Crippen LogP contribution in [-0.4, -0.2) is 42.7 Å². The molecule has 0 spiro atoms. The van der Waals surface area contributed by atoms with Crippen molar-refractivity contribution in [3.05, 3.63) is 29.8 Å². The third-order valence-corrected chi connectivity index (χ3v) is 4.93. The fraction of sp³-hybridized carbons (Fsp3) is 0.632. The number of hydrogen-bond donors (Lipinski definition) is 0. The summed E-state index contributed by atoms with van der Waals surface area (Å²) in [5.41, 5.74) is 0.753. The third-order valence-electron chi connectivity index (χ3n) is 4.93. The number of hydrogen-bond acceptors (Lipinski definition) is 3. The first-order chi connectivity index (χ1) is 11.3. The molecule has 2 aliphatic rings. The molecule has 4 nitrogen and oxygen atoms in total. The highest BCUT2D eigenvalue weighted by atomic mass is 16.5. The molecular formula is C19H27NO3. The van der Waals surface area contributed by atoms with Gasteiger partial charge >= 0.3 is 0 Å².